The van der Waals surface area contributed by atoms with Gasteiger partial charge in [-0.2, -0.15) is 5.10 Å². The first kappa shape index (κ1) is 20.5. The molecule has 0 aliphatic carbocycles. The summed E-state index contributed by atoms with van der Waals surface area (Å²) in [5.41, 5.74) is 4.82. The summed E-state index contributed by atoms with van der Waals surface area (Å²) in [5.74, 6) is -0.200. The Kier molecular flexibility index (Phi) is 5.83. The van der Waals surface area contributed by atoms with Gasteiger partial charge in [-0.05, 0) is 47.4 Å². The van der Waals surface area contributed by atoms with Gasteiger partial charge in [0, 0.05) is 30.2 Å². The number of nitrogens with zero attached hydrogens (tertiary/aromatic N) is 2. The van der Waals surface area contributed by atoms with Crippen LogP contribution in [0.1, 0.15) is 17.5 Å². The molecule has 0 saturated heterocycles. The van der Waals surface area contributed by atoms with E-state index >= 15 is 0 Å². The number of hydrogen-bond donors (Lipinski definition) is 1. The Morgan fingerprint density at radius 1 is 1.10 bits per heavy atom. The van der Waals surface area contributed by atoms with Crippen molar-refractivity contribution in [1.82, 2.24) is 15.1 Å². The van der Waals surface area contributed by atoms with Crippen LogP contribution in [0.2, 0.25) is 5.02 Å². The highest BCUT2D eigenvalue weighted by molar-refractivity contribution is 6.30. The lowest BCUT2D eigenvalue weighted by atomic mass is 9.99. The van der Waals surface area contributed by atoms with E-state index in [2.05, 4.69) is 25.9 Å². The van der Waals surface area contributed by atoms with E-state index in [1.54, 1.807) is 12.1 Å². The molecule has 0 saturated carbocycles. The van der Waals surface area contributed by atoms with Crippen molar-refractivity contribution in [3.05, 3.63) is 77.0 Å². The smallest absolute Gasteiger partial charge is 0.406 e. The fourth-order valence-electron chi connectivity index (χ4n) is 3.55. The zero-order chi connectivity index (χ0) is 21.1. The number of benzene rings is 2. The van der Waals surface area contributed by atoms with Crippen LogP contribution in [0.4, 0.5) is 13.2 Å². The van der Waals surface area contributed by atoms with Crippen molar-refractivity contribution in [1.29, 1.82) is 0 Å². The van der Waals surface area contributed by atoms with Gasteiger partial charge in [0.15, 0.2) is 0 Å². The third-order valence-corrected chi connectivity index (χ3v) is 5.23. The SMILES string of the molecule is FC(F)(F)Oc1cccc(C2=CCN(Cc3cn[nH]c3-c3ccc(Cl)cc3)CC2)c1. The molecule has 4 nitrogen and oxygen atoms in total. The van der Waals surface area contributed by atoms with E-state index in [0.29, 0.717) is 11.6 Å². The molecule has 2 aromatic carbocycles. The van der Waals surface area contributed by atoms with Crippen molar-refractivity contribution < 1.29 is 17.9 Å². The highest BCUT2D eigenvalue weighted by Crippen LogP contribution is 2.30. The lowest BCUT2D eigenvalue weighted by molar-refractivity contribution is -0.274. The lowest BCUT2D eigenvalue weighted by Gasteiger charge is -2.26. The first-order valence-corrected chi connectivity index (χ1v) is 9.81. The number of aromatic nitrogens is 2. The standard InChI is InChI=1S/C22H19ClF3N3O/c23-19-6-4-16(5-7-19)21-18(13-27-28-21)14-29-10-8-15(9-11-29)17-2-1-3-20(12-17)30-22(24,25)26/h1-8,12-13H,9-11,14H2,(H,27,28). The number of nitrogens with one attached hydrogen (secondary N) is 1. The molecule has 3 aromatic rings. The van der Waals surface area contributed by atoms with E-state index in [1.807, 2.05) is 30.5 Å². The second-order valence-electron chi connectivity index (χ2n) is 7.07. The average Bonchev–Trinajstić information content (AvgIpc) is 3.16. The van der Waals surface area contributed by atoms with Crippen LogP contribution >= 0.6 is 11.6 Å². The summed E-state index contributed by atoms with van der Waals surface area (Å²) in [4.78, 5) is 2.27. The summed E-state index contributed by atoms with van der Waals surface area (Å²) in [5, 5.41) is 7.91. The molecular formula is C22H19ClF3N3O. The summed E-state index contributed by atoms with van der Waals surface area (Å²) in [6, 6.07) is 13.7. The normalized spacial score (nSPS) is 15.1. The number of hydrogen-bond acceptors (Lipinski definition) is 3. The van der Waals surface area contributed by atoms with Crippen molar-refractivity contribution in [2.24, 2.45) is 0 Å². The zero-order valence-corrected chi connectivity index (χ0v) is 16.7. The minimum absolute atomic E-state index is 0.200. The quantitative estimate of drug-likeness (QED) is 0.543. The van der Waals surface area contributed by atoms with Gasteiger partial charge in [-0.1, -0.05) is 41.9 Å². The molecule has 0 atom stereocenters. The van der Waals surface area contributed by atoms with Crippen LogP contribution in [0.15, 0.2) is 60.8 Å². The molecule has 1 aromatic heterocycles. The Morgan fingerprint density at radius 3 is 2.60 bits per heavy atom. The van der Waals surface area contributed by atoms with Crippen molar-refractivity contribution in [3.8, 4) is 17.0 Å². The summed E-state index contributed by atoms with van der Waals surface area (Å²) >= 11 is 5.97. The van der Waals surface area contributed by atoms with Crippen LogP contribution in [0.3, 0.4) is 0 Å². The molecule has 0 bridgehead atoms. The van der Waals surface area contributed by atoms with Crippen molar-refractivity contribution in [2.75, 3.05) is 13.1 Å². The Balaban J connectivity index is 1.44. The van der Waals surface area contributed by atoms with Crippen LogP contribution < -0.4 is 4.74 Å². The van der Waals surface area contributed by atoms with E-state index in [4.69, 9.17) is 11.6 Å². The third kappa shape index (κ3) is 5.04. The van der Waals surface area contributed by atoms with Gasteiger partial charge in [-0.3, -0.25) is 10.00 Å². The predicted molar refractivity (Wildman–Crippen MR) is 110 cm³/mol. The minimum atomic E-state index is -4.69. The number of ether oxygens (including phenoxy) is 1. The van der Waals surface area contributed by atoms with Crippen LogP contribution in [-0.4, -0.2) is 34.5 Å². The zero-order valence-electron chi connectivity index (χ0n) is 15.9. The molecule has 156 valence electrons. The van der Waals surface area contributed by atoms with Crippen LogP contribution in [0, 0.1) is 0 Å². The van der Waals surface area contributed by atoms with E-state index in [1.165, 1.54) is 12.1 Å². The number of rotatable bonds is 5. The first-order valence-electron chi connectivity index (χ1n) is 9.43. The molecule has 30 heavy (non-hydrogen) atoms. The predicted octanol–water partition coefficient (Wildman–Crippen LogP) is 5.92. The van der Waals surface area contributed by atoms with E-state index < -0.39 is 6.36 Å². The van der Waals surface area contributed by atoms with Crippen molar-refractivity contribution in [2.45, 2.75) is 19.3 Å². The topological polar surface area (TPSA) is 41.1 Å². The van der Waals surface area contributed by atoms with Gasteiger partial charge in [0.05, 0.1) is 11.9 Å². The maximum absolute atomic E-state index is 12.5. The molecule has 0 unspecified atom stereocenters. The molecule has 0 spiro atoms. The van der Waals surface area contributed by atoms with E-state index in [9.17, 15) is 13.2 Å². The number of aromatic amines is 1. The second kappa shape index (κ2) is 8.53. The molecule has 0 radical (unpaired) electrons. The Labute approximate surface area is 176 Å². The Bertz CT molecular complexity index is 1040. The van der Waals surface area contributed by atoms with Gasteiger partial charge >= 0.3 is 6.36 Å². The largest absolute Gasteiger partial charge is 0.573 e. The number of H-pyrrole nitrogens is 1. The fraction of sp³-hybridized carbons (Fsp3) is 0.227. The number of halogens is 4. The van der Waals surface area contributed by atoms with Crippen LogP contribution in [0.5, 0.6) is 5.75 Å². The number of alkyl halides is 3. The fourth-order valence-corrected chi connectivity index (χ4v) is 3.67. The summed E-state index contributed by atoms with van der Waals surface area (Å²) in [6.07, 6.45) is -0.0777. The van der Waals surface area contributed by atoms with E-state index in [-0.39, 0.29) is 5.75 Å². The van der Waals surface area contributed by atoms with Crippen LogP contribution in [0.25, 0.3) is 16.8 Å². The average molecular weight is 434 g/mol. The molecular weight excluding hydrogens is 415 g/mol. The summed E-state index contributed by atoms with van der Waals surface area (Å²) < 4.78 is 41.4. The maximum atomic E-state index is 12.5. The maximum Gasteiger partial charge on any atom is 0.573 e. The van der Waals surface area contributed by atoms with Gasteiger partial charge in [0.25, 0.3) is 0 Å². The molecule has 2 heterocycles. The Morgan fingerprint density at radius 2 is 1.90 bits per heavy atom. The highest BCUT2D eigenvalue weighted by atomic mass is 35.5. The van der Waals surface area contributed by atoms with Gasteiger partial charge < -0.3 is 4.74 Å². The summed E-state index contributed by atoms with van der Waals surface area (Å²) in [7, 11) is 0. The van der Waals surface area contributed by atoms with Crippen molar-refractivity contribution in [3.63, 3.8) is 0 Å². The van der Waals surface area contributed by atoms with Gasteiger partial charge in [-0.15, -0.1) is 13.2 Å². The monoisotopic (exact) mass is 433 g/mol. The van der Waals surface area contributed by atoms with Crippen LogP contribution in [-0.2, 0) is 6.54 Å². The first-order chi connectivity index (χ1) is 14.4. The lowest BCUT2D eigenvalue weighted by Crippen LogP contribution is -2.28. The van der Waals surface area contributed by atoms with E-state index in [0.717, 1.165) is 47.5 Å². The molecule has 8 heteroatoms. The molecule has 1 N–H and O–H groups in total. The van der Waals surface area contributed by atoms with Gasteiger partial charge in [0.2, 0.25) is 0 Å². The van der Waals surface area contributed by atoms with Gasteiger partial charge in [-0.25, -0.2) is 0 Å². The Hall–Kier alpha value is -2.77. The molecule has 0 amide bonds. The second-order valence-corrected chi connectivity index (χ2v) is 7.50. The molecule has 0 fully saturated rings. The molecule has 4 rings (SSSR count). The highest BCUT2D eigenvalue weighted by Gasteiger charge is 2.31. The minimum Gasteiger partial charge on any atom is -0.406 e. The van der Waals surface area contributed by atoms with Gasteiger partial charge in [0.1, 0.15) is 5.75 Å². The summed E-state index contributed by atoms with van der Waals surface area (Å²) in [6.45, 7) is 2.21. The molecule has 1 aliphatic heterocycles. The van der Waals surface area contributed by atoms with Crippen molar-refractivity contribution >= 4 is 17.2 Å². The molecule has 1 aliphatic rings. The third-order valence-electron chi connectivity index (χ3n) is 4.98.